The van der Waals surface area contributed by atoms with E-state index < -0.39 is 5.95 Å². The molecule has 1 radical (unpaired) electrons. The van der Waals surface area contributed by atoms with Crippen LogP contribution in [0.15, 0.2) is 36.4 Å². The van der Waals surface area contributed by atoms with Gasteiger partial charge in [-0.1, -0.05) is 13.8 Å². The second kappa shape index (κ2) is 8.65. The smallest absolute Gasteiger partial charge is 0.224 e. The minimum Gasteiger partial charge on any atom is -0.508 e. The molecule has 0 aliphatic carbocycles. The van der Waals surface area contributed by atoms with Gasteiger partial charge < -0.3 is 9.84 Å². The average Bonchev–Trinajstić information content (AvgIpc) is 2.86. The number of nitrogens with zero attached hydrogens (tertiary/aromatic N) is 2. The van der Waals surface area contributed by atoms with E-state index >= 15 is 0 Å². The van der Waals surface area contributed by atoms with Crippen molar-refractivity contribution in [3.05, 3.63) is 47.9 Å². The number of ether oxygens (including phenoxy) is 1. The molecule has 119 valence electrons. The Hall–Kier alpha value is -1.12. The van der Waals surface area contributed by atoms with Crippen LogP contribution in [0.3, 0.4) is 0 Å². The summed E-state index contributed by atoms with van der Waals surface area (Å²) < 4.78 is 20.8. The number of halogens is 1. The van der Waals surface area contributed by atoms with Crippen molar-refractivity contribution in [1.82, 2.24) is 9.78 Å². The van der Waals surface area contributed by atoms with Gasteiger partial charge in [-0.3, -0.25) is 0 Å². The van der Waals surface area contributed by atoms with E-state index in [1.807, 2.05) is 13.8 Å². The third-order valence-corrected chi connectivity index (χ3v) is 3.23. The van der Waals surface area contributed by atoms with Gasteiger partial charge in [0.1, 0.15) is 11.5 Å². The molecule has 3 aromatic rings. The molecule has 0 aliphatic heterocycles. The second-order valence-electron chi connectivity index (χ2n) is 4.56. The van der Waals surface area contributed by atoms with Gasteiger partial charge in [-0.2, -0.15) is 9.49 Å². The maximum Gasteiger partial charge on any atom is 0.224 e. The van der Waals surface area contributed by atoms with Gasteiger partial charge in [-0.15, -0.1) is 0 Å². The minimum absolute atomic E-state index is 0. The quantitative estimate of drug-likeness (QED) is 0.542. The van der Waals surface area contributed by atoms with Gasteiger partial charge in [0.25, 0.3) is 0 Å². The van der Waals surface area contributed by atoms with Gasteiger partial charge in [-0.05, 0) is 48.9 Å². The van der Waals surface area contributed by atoms with Crippen LogP contribution in [0.1, 0.15) is 19.4 Å². The molecular formula is C17H19AcFN2O2. The number of fused-ring (bicyclic) bond motifs is 1. The number of aromatic hydroxyl groups is 1. The van der Waals surface area contributed by atoms with E-state index in [2.05, 4.69) is 5.10 Å². The number of benzene rings is 2. The van der Waals surface area contributed by atoms with Gasteiger partial charge in [0.05, 0.1) is 23.7 Å². The fourth-order valence-electron chi connectivity index (χ4n) is 2.20. The molecule has 0 fully saturated rings. The summed E-state index contributed by atoms with van der Waals surface area (Å²) in [7, 11) is 1.54. The zero-order chi connectivity index (χ0) is 16.3. The number of hydrogen-bond acceptors (Lipinski definition) is 3. The summed E-state index contributed by atoms with van der Waals surface area (Å²) in [6.45, 7) is 5.79. The van der Waals surface area contributed by atoms with E-state index in [-0.39, 0.29) is 49.8 Å². The summed E-state index contributed by atoms with van der Waals surface area (Å²) in [6.07, 6.45) is 0. The van der Waals surface area contributed by atoms with Gasteiger partial charge in [0.2, 0.25) is 5.95 Å². The first-order valence-electron chi connectivity index (χ1n) is 7.12. The molecule has 0 aliphatic rings. The van der Waals surface area contributed by atoms with Crippen molar-refractivity contribution in [2.45, 2.75) is 20.8 Å². The van der Waals surface area contributed by atoms with E-state index in [0.717, 1.165) is 5.56 Å². The maximum absolute atomic E-state index is 14.5. The Morgan fingerprint density at radius 2 is 1.83 bits per heavy atom. The minimum atomic E-state index is -0.451. The summed E-state index contributed by atoms with van der Waals surface area (Å²) in [5, 5.41) is 14.1. The molecule has 0 unspecified atom stereocenters. The Morgan fingerprint density at radius 1 is 1.13 bits per heavy atom. The fraction of sp³-hybridized carbons (Fsp3) is 0.235. The molecule has 1 N–H and O–H groups in total. The van der Waals surface area contributed by atoms with Crippen LogP contribution in [0, 0.1) is 56.9 Å². The van der Waals surface area contributed by atoms with E-state index in [0.29, 0.717) is 22.3 Å². The van der Waals surface area contributed by atoms with E-state index in [1.165, 1.54) is 17.9 Å². The van der Waals surface area contributed by atoms with Gasteiger partial charge >= 0.3 is 0 Å². The molecule has 0 amide bonds. The van der Waals surface area contributed by atoms with Crippen molar-refractivity contribution >= 4 is 10.9 Å². The van der Waals surface area contributed by atoms with Crippen LogP contribution < -0.4 is 4.74 Å². The van der Waals surface area contributed by atoms with Crippen LogP contribution in [0.4, 0.5) is 4.39 Å². The summed E-state index contributed by atoms with van der Waals surface area (Å²) in [4.78, 5) is 0. The Bertz CT molecular complexity index is 803. The van der Waals surface area contributed by atoms with Crippen molar-refractivity contribution in [3.63, 3.8) is 0 Å². The summed E-state index contributed by atoms with van der Waals surface area (Å²) in [6, 6.07) is 9.78. The van der Waals surface area contributed by atoms with Crippen molar-refractivity contribution in [2.75, 3.05) is 7.11 Å². The average molecular weight is 529 g/mol. The molecule has 6 heteroatoms. The fourth-order valence-corrected chi connectivity index (χ4v) is 2.20. The topological polar surface area (TPSA) is 47.3 Å². The zero-order valence-corrected chi connectivity index (χ0v) is 18.4. The second-order valence-corrected chi connectivity index (χ2v) is 4.56. The molecule has 0 saturated carbocycles. The normalized spacial score (nSPS) is 9.78. The molecule has 0 atom stereocenters. The van der Waals surface area contributed by atoms with Crippen molar-refractivity contribution in [1.29, 1.82) is 0 Å². The van der Waals surface area contributed by atoms with E-state index in [1.54, 1.807) is 37.3 Å². The molecule has 0 bridgehead atoms. The van der Waals surface area contributed by atoms with Crippen LogP contribution in [0.25, 0.3) is 16.6 Å². The number of aromatic nitrogens is 2. The molecule has 23 heavy (non-hydrogen) atoms. The summed E-state index contributed by atoms with van der Waals surface area (Å²) in [5.74, 6) is 0.274. The van der Waals surface area contributed by atoms with Gasteiger partial charge in [-0.25, -0.2) is 4.68 Å². The van der Waals surface area contributed by atoms with Crippen LogP contribution >= 0.6 is 0 Å². The van der Waals surface area contributed by atoms with E-state index in [9.17, 15) is 9.50 Å². The standard InChI is InChI=1S/C15H13FN2O2.C2H6.Ac/c1-9-7-10(19)3-6-14(9)18-15(16)12-8-11(20-2)4-5-13(12)17-18;1-2;/h3-8,19H,1-2H3;1-2H3;. The van der Waals surface area contributed by atoms with Crippen LogP contribution in [-0.4, -0.2) is 22.0 Å². The largest absolute Gasteiger partial charge is 0.508 e. The Kier molecular flexibility index (Phi) is 7.50. The first kappa shape index (κ1) is 19.9. The molecule has 3 rings (SSSR count). The van der Waals surface area contributed by atoms with E-state index in [4.69, 9.17) is 4.74 Å². The molecule has 0 spiro atoms. The summed E-state index contributed by atoms with van der Waals surface area (Å²) >= 11 is 0. The molecule has 4 nitrogen and oxygen atoms in total. The Morgan fingerprint density at radius 3 is 2.43 bits per heavy atom. The Balaban J connectivity index is 0.000000849. The van der Waals surface area contributed by atoms with Crippen LogP contribution in [0.5, 0.6) is 11.5 Å². The summed E-state index contributed by atoms with van der Waals surface area (Å²) in [5.41, 5.74) is 1.88. The van der Waals surface area contributed by atoms with Gasteiger partial charge in [0.15, 0.2) is 0 Å². The number of aryl methyl sites for hydroxylation is 1. The first-order chi connectivity index (χ1) is 10.6. The first-order valence-corrected chi connectivity index (χ1v) is 7.12. The predicted octanol–water partition coefficient (Wildman–Crippen LogP) is 4.21. The predicted molar refractivity (Wildman–Crippen MR) is 85.3 cm³/mol. The van der Waals surface area contributed by atoms with Crippen molar-refractivity contribution < 1.29 is 58.3 Å². The number of methoxy groups -OCH3 is 1. The molecule has 0 saturated heterocycles. The molecule has 2 aromatic carbocycles. The van der Waals surface area contributed by atoms with Crippen LogP contribution in [0.2, 0.25) is 0 Å². The number of rotatable bonds is 2. The maximum atomic E-state index is 14.5. The molecule has 1 heterocycles. The number of hydrogen-bond donors (Lipinski definition) is 1. The third kappa shape index (κ3) is 4.05. The molecule has 1 aromatic heterocycles. The monoisotopic (exact) mass is 529 g/mol. The van der Waals surface area contributed by atoms with Gasteiger partial charge in [0, 0.05) is 44.1 Å². The molecular weight excluding hydrogens is 510 g/mol. The SMILES string of the molecule is CC.COc1ccc2nn(-c3ccc(O)cc3C)c(F)c2c1.[Ac]. The zero-order valence-electron chi connectivity index (χ0n) is 13.7. The third-order valence-electron chi connectivity index (χ3n) is 3.23. The number of phenolic OH excluding ortho intramolecular Hbond substituents is 1. The van der Waals surface area contributed by atoms with Crippen LogP contribution in [-0.2, 0) is 0 Å². The van der Waals surface area contributed by atoms with Crippen molar-refractivity contribution in [2.24, 2.45) is 0 Å². The number of phenols is 1. The Labute approximate surface area is 170 Å². The van der Waals surface area contributed by atoms with Crippen molar-refractivity contribution in [3.8, 4) is 17.2 Å².